The van der Waals surface area contributed by atoms with E-state index in [1.165, 1.54) is 21.3 Å². The first-order valence-electron chi connectivity index (χ1n) is 8.74. The van der Waals surface area contributed by atoms with Gasteiger partial charge in [-0.2, -0.15) is 0 Å². The van der Waals surface area contributed by atoms with Crippen LogP contribution < -0.4 is 19.1 Å². The maximum absolute atomic E-state index is 13.4. The molecule has 0 aliphatic heterocycles. The monoisotopic (exact) mass is 378 g/mol. The van der Waals surface area contributed by atoms with Crippen LogP contribution in [0.1, 0.15) is 15.9 Å². The van der Waals surface area contributed by atoms with Gasteiger partial charge in [0.2, 0.25) is 5.75 Å². The number of nitrogens with zero attached hydrogens (tertiary/aromatic N) is 2. The zero-order valence-corrected chi connectivity index (χ0v) is 16.1. The highest BCUT2D eigenvalue weighted by Crippen LogP contribution is 2.38. The lowest BCUT2D eigenvalue weighted by atomic mass is 10.1. The Kier molecular flexibility index (Phi) is 6.11. The number of benzene rings is 2. The van der Waals surface area contributed by atoms with Crippen LogP contribution in [0.25, 0.3) is 0 Å². The summed E-state index contributed by atoms with van der Waals surface area (Å²) in [5.74, 6) is 1.62. The van der Waals surface area contributed by atoms with E-state index in [9.17, 15) is 4.79 Å². The SMILES string of the molecule is COc1cc(C(=O)N(Cc2ccccc2)c2ccccn2)cc(OC)c1OC. The summed E-state index contributed by atoms with van der Waals surface area (Å²) in [6.45, 7) is 0.382. The Balaban J connectivity index is 2.04. The molecule has 0 radical (unpaired) electrons. The number of anilines is 1. The number of rotatable bonds is 7. The van der Waals surface area contributed by atoms with Crippen LogP contribution in [0.4, 0.5) is 5.82 Å². The van der Waals surface area contributed by atoms with Crippen molar-refractivity contribution in [1.29, 1.82) is 0 Å². The van der Waals surface area contributed by atoms with E-state index in [4.69, 9.17) is 14.2 Å². The highest BCUT2D eigenvalue weighted by atomic mass is 16.5. The highest BCUT2D eigenvalue weighted by molar-refractivity contribution is 6.06. The van der Waals surface area contributed by atoms with Gasteiger partial charge in [-0.1, -0.05) is 36.4 Å². The number of aromatic nitrogens is 1. The second-order valence-corrected chi connectivity index (χ2v) is 5.98. The highest BCUT2D eigenvalue weighted by Gasteiger charge is 2.23. The van der Waals surface area contributed by atoms with E-state index >= 15 is 0 Å². The lowest BCUT2D eigenvalue weighted by molar-refractivity contribution is 0.0983. The second-order valence-electron chi connectivity index (χ2n) is 5.98. The van der Waals surface area contributed by atoms with Crippen LogP contribution in [-0.4, -0.2) is 32.2 Å². The minimum atomic E-state index is -0.221. The van der Waals surface area contributed by atoms with Crippen LogP contribution in [0.15, 0.2) is 66.9 Å². The Morgan fingerprint density at radius 1 is 0.893 bits per heavy atom. The van der Waals surface area contributed by atoms with Gasteiger partial charge < -0.3 is 14.2 Å². The van der Waals surface area contributed by atoms with Crippen molar-refractivity contribution in [1.82, 2.24) is 4.98 Å². The summed E-state index contributed by atoms with van der Waals surface area (Å²) in [6.07, 6.45) is 1.66. The van der Waals surface area contributed by atoms with E-state index in [0.717, 1.165) is 5.56 Å². The normalized spacial score (nSPS) is 10.2. The molecule has 0 saturated carbocycles. The van der Waals surface area contributed by atoms with E-state index < -0.39 is 0 Å². The third-order valence-corrected chi connectivity index (χ3v) is 4.27. The van der Waals surface area contributed by atoms with E-state index in [1.54, 1.807) is 29.3 Å². The number of carbonyl (C=O) groups is 1. The maximum atomic E-state index is 13.4. The average molecular weight is 378 g/mol. The first kappa shape index (κ1) is 19.2. The summed E-state index contributed by atoms with van der Waals surface area (Å²) in [7, 11) is 4.57. The molecule has 0 aliphatic carbocycles. The summed E-state index contributed by atoms with van der Waals surface area (Å²) in [5.41, 5.74) is 1.41. The fourth-order valence-electron chi connectivity index (χ4n) is 2.90. The third-order valence-electron chi connectivity index (χ3n) is 4.27. The van der Waals surface area contributed by atoms with E-state index in [0.29, 0.717) is 35.2 Å². The molecule has 28 heavy (non-hydrogen) atoms. The first-order chi connectivity index (χ1) is 13.7. The molecule has 0 aliphatic rings. The van der Waals surface area contributed by atoms with Crippen LogP contribution >= 0.6 is 0 Å². The lowest BCUT2D eigenvalue weighted by Crippen LogP contribution is -2.31. The molecular formula is C22H22N2O4. The van der Waals surface area contributed by atoms with Crippen molar-refractivity contribution in [2.24, 2.45) is 0 Å². The summed E-state index contributed by atoms with van der Waals surface area (Å²) >= 11 is 0. The largest absolute Gasteiger partial charge is 0.493 e. The molecular weight excluding hydrogens is 356 g/mol. The van der Waals surface area contributed by atoms with Crippen LogP contribution in [0.2, 0.25) is 0 Å². The van der Waals surface area contributed by atoms with E-state index in [-0.39, 0.29) is 5.91 Å². The van der Waals surface area contributed by atoms with Gasteiger partial charge >= 0.3 is 0 Å². The van der Waals surface area contributed by atoms with Crippen molar-refractivity contribution in [2.75, 3.05) is 26.2 Å². The summed E-state index contributed by atoms with van der Waals surface area (Å²) in [5, 5.41) is 0. The van der Waals surface area contributed by atoms with Crippen LogP contribution in [0.5, 0.6) is 17.2 Å². The van der Waals surface area contributed by atoms with Gasteiger partial charge in [-0.15, -0.1) is 0 Å². The standard InChI is InChI=1S/C22H22N2O4/c1-26-18-13-17(14-19(27-2)21(18)28-3)22(25)24(20-11-7-8-12-23-20)15-16-9-5-4-6-10-16/h4-14H,15H2,1-3H3. The molecule has 3 aromatic rings. The molecule has 6 heteroatoms. The predicted molar refractivity (Wildman–Crippen MR) is 107 cm³/mol. The number of hydrogen-bond donors (Lipinski definition) is 0. The molecule has 2 aromatic carbocycles. The van der Waals surface area contributed by atoms with Crippen molar-refractivity contribution in [3.8, 4) is 17.2 Å². The minimum Gasteiger partial charge on any atom is -0.493 e. The van der Waals surface area contributed by atoms with Gasteiger partial charge in [0.15, 0.2) is 11.5 Å². The number of carbonyl (C=O) groups excluding carboxylic acids is 1. The zero-order valence-electron chi connectivity index (χ0n) is 16.1. The van der Waals surface area contributed by atoms with Crippen molar-refractivity contribution < 1.29 is 19.0 Å². The molecule has 0 N–H and O–H groups in total. The summed E-state index contributed by atoms with van der Waals surface area (Å²) in [4.78, 5) is 19.4. The number of ether oxygens (including phenoxy) is 3. The van der Waals surface area contributed by atoms with Crippen LogP contribution in [-0.2, 0) is 6.54 Å². The molecule has 144 valence electrons. The van der Waals surface area contributed by atoms with Gasteiger partial charge in [-0.25, -0.2) is 4.98 Å². The molecule has 0 unspecified atom stereocenters. The molecule has 0 fully saturated rings. The fraction of sp³-hybridized carbons (Fsp3) is 0.182. The Labute approximate surface area is 164 Å². The van der Waals surface area contributed by atoms with Gasteiger partial charge in [0.05, 0.1) is 27.9 Å². The number of methoxy groups -OCH3 is 3. The first-order valence-corrected chi connectivity index (χ1v) is 8.74. The number of pyridine rings is 1. The Hall–Kier alpha value is -3.54. The molecule has 0 spiro atoms. The smallest absolute Gasteiger partial charge is 0.260 e. The Morgan fingerprint density at radius 2 is 1.54 bits per heavy atom. The zero-order chi connectivity index (χ0) is 19.9. The van der Waals surface area contributed by atoms with Crippen molar-refractivity contribution in [2.45, 2.75) is 6.54 Å². The molecule has 1 aromatic heterocycles. The molecule has 0 bridgehead atoms. The third kappa shape index (κ3) is 4.06. The molecule has 0 atom stereocenters. The van der Waals surface area contributed by atoms with Crippen LogP contribution in [0.3, 0.4) is 0 Å². The Bertz CT molecular complexity index is 905. The van der Waals surface area contributed by atoms with Crippen molar-refractivity contribution >= 4 is 11.7 Å². The molecule has 6 nitrogen and oxygen atoms in total. The second kappa shape index (κ2) is 8.90. The van der Waals surface area contributed by atoms with Crippen LogP contribution in [0, 0.1) is 0 Å². The average Bonchev–Trinajstić information content (AvgIpc) is 2.77. The topological polar surface area (TPSA) is 60.9 Å². The summed E-state index contributed by atoms with van der Waals surface area (Å²) < 4.78 is 16.1. The van der Waals surface area contributed by atoms with E-state index in [2.05, 4.69) is 4.98 Å². The van der Waals surface area contributed by atoms with Gasteiger partial charge in [0.1, 0.15) is 5.82 Å². The summed E-state index contributed by atoms with van der Waals surface area (Å²) in [6, 6.07) is 18.5. The quantitative estimate of drug-likeness (QED) is 0.623. The van der Waals surface area contributed by atoms with Gasteiger partial charge in [-0.05, 0) is 29.8 Å². The maximum Gasteiger partial charge on any atom is 0.260 e. The number of hydrogen-bond acceptors (Lipinski definition) is 5. The molecule has 1 amide bonds. The lowest BCUT2D eigenvalue weighted by Gasteiger charge is -2.23. The van der Waals surface area contributed by atoms with E-state index in [1.807, 2.05) is 42.5 Å². The predicted octanol–water partition coefficient (Wildman–Crippen LogP) is 3.95. The fourth-order valence-corrected chi connectivity index (χ4v) is 2.90. The van der Waals surface area contributed by atoms with Crippen molar-refractivity contribution in [3.05, 3.63) is 78.0 Å². The van der Waals surface area contributed by atoms with Crippen molar-refractivity contribution in [3.63, 3.8) is 0 Å². The Morgan fingerprint density at radius 3 is 2.07 bits per heavy atom. The molecule has 3 rings (SSSR count). The molecule has 0 saturated heterocycles. The van der Waals surface area contributed by atoms with Gasteiger partial charge in [-0.3, -0.25) is 9.69 Å². The minimum absolute atomic E-state index is 0.221. The van der Waals surface area contributed by atoms with Gasteiger partial charge in [0.25, 0.3) is 5.91 Å². The number of amides is 1. The molecule has 1 heterocycles. The van der Waals surface area contributed by atoms with Gasteiger partial charge in [0, 0.05) is 11.8 Å².